The quantitative estimate of drug-likeness (QED) is 0.0531. The molecule has 0 aromatic heterocycles. The third kappa shape index (κ3) is 26.6. The molecule has 0 amide bonds. The van der Waals surface area contributed by atoms with Crippen LogP contribution in [-0.4, -0.2) is 110 Å². The van der Waals surface area contributed by atoms with Crippen molar-refractivity contribution in [2.45, 2.75) is 78.6 Å². The van der Waals surface area contributed by atoms with Crippen LogP contribution in [0.2, 0.25) is 51.9 Å². The standard InChI is InChI=1S/C28H58O10Si3/c1-25(2)27(29)11-12-28(30)36-22-21-34-18-17-32-14-13-31-15-16-33-19-20-35-23-26(3)24-41(10,37-39(4,5)6)38-40(7,8)9/h26H,1,11-24H2,2-10H3. The van der Waals surface area contributed by atoms with Gasteiger partial charge in [-0.3, -0.25) is 9.59 Å². The minimum Gasteiger partial charge on any atom is -0.463 e. The SMILES string of the molecule is C=C(C)C(=O)CCC(=O)OCCOCCOCCOCCOCCOCC(C)C[Si](C)(O[Si](C)(C)C)O[Si](C)(C)C. The highest BCUT2D eigenvalue weighted by Gasteiger charge is 2.41. The Morgan fingerprint density at radius 1 is 0.634 bits per heavy atom. The Bertz CT molecular complexity index is 722. The molecule has 13 heteroatoms. The minimum absolute atomic E-state index is 0.0536. The summed E-state index contributed by atoms with van der Waals surface area (Å²) in [5, 5.41) is 0. The van der Waals surface area contributed by atoms with Crippen LogP contribution in [0.15, 0.2) is 12.2 Å². The molecule has 1 atom stereocenters. The van der Waals surface area contributed by atoms with E-state index >= 15 is 0 Å². The third-order valence-electron chi connectivity index (χ3n) is 5.18. The fourth-order valence-corrected chi connectivity index (χ4v) is 16.9. The van der Waals surface area contributed by atoms with Gasteiger partial charge in [0.2, 0.25) is 0 Å². The number of allylic oxidation sites excluding steroid dienone is 1. The average Bonchev–Trinajstić information content (AvgIpc) is 2.81. The van der Waals surface area contributed by atoms with Crippen molar-refractivity contribution in [3.05, 3.63) is 12.2 Å². The number of carbonyl (C=O) groups is 2. The van der Waals surface area contributed by atoms with E-state index in [1.165, 1.54) is 0 Å². The lowest BCUT2D eigenvalue weighted by atomic mass is 10.1. The molecule has 0 fully saturated rings. The summed E-state index contributed by atoms with van der Waals surface area (Å²) in [7, 11) is -5.65. The second-order valence-electron chi connectivity index (χ2n) is 12.3. The zero-order chi connectivity index (χ0) is 31.4. The molecule has 0 saturated heterocycles. The Morgan fingerprint density at radius 2 is 1.02 bits per heavy atom. The van der Waals surface area contributed by atoms with Crippen molar-refractivity contribution in [1.82, 2.24) is 0 Å². The molecule has 10 nitrogen and oxygen atoms in total. The number of ether oxygens (including phenoxy) is 6. The van der Waals surface area contributed by atoms with Gasteiger partial charge in [-0.1, -0.05) is 13.5 Å². The molecule has 0 radical (unpaired) electrons. The fraction of sp³-hybridized carbons (Fsp3) is 0.857. The molecule has 41 heavy (non-hydrogen) atoms. The lowest BCUT2D eigenvalue weighted by Crippen LogP contribution is -2.53. The molecule has 0 bridgehead atoms. The smallest absolute Gasteiger partial charge is 0.314 e. The number of carbonyl (C=O) groups excluding carboxylic acids is 2. The highest BCUT2D eigenvalue weighted by atomic mass is 28.5. The van der Waals surface area contributed by atoms with Crippen molar-refractivity contribution < 1.29 is 46.2 Å². The van der Waals surface area contributed by atoms with Crippen LogP contribution >= 0.6 is 0 Å². The number of rotatable bonds is 27. The van der Waals surface area contributed by atoms with Gasteiger partial charge in [0.05, 0.1) is 65.9 Å². The normalized spacial score (nSPS) is 13.3. The first-order chi connectivity index (χ1) is 19.0. The van der Waals surface area contributed by atoms with Crippen LogP contribution in [0.1, 0.15) is 26.7 Å². The van der Waals surface area contributed by atoms with Gasteiger partial charge in [-0.05, 0) is 70.3 Å². The number of esters is 1. The molecular weight excluding hydrogens is 581 g/mol. The molecule has 0 saturated carbocycles. The maximum Gasteiger partial charge on any atom is 0.314 e. The summed E-state index contributed by atoms with van der Waals surface area (Å²) in [5.41, 5.74) is 0.443. The average molecular weight is 639 g/mol. The van der Waals surface area contributed by atoms with Gasteiger partial charge < -0.3 is 36.7 Å². The lowest BCUT2D eigenvalue weighted by molar-refractivity contribution is -0.146. The number of ketones is 1. The topological polar surface area (TPSA) is 108 Å². The van der Waals surface area contributed by atoms with E-state index in [-0.39, 0.29) is 31.8 Å². The summed E-state index contributed by atoms with van der Waals surface area (Å²) in [6.45, 7) is 27.8. The van der Waals surface area contributed by atoms with E-state index in [1.807, 2.05) is 0 Å². The van der Waals surface area contributed by atoms with Gasteiger partial charge in [-0.25, -0.2) is 0 Å². The molecule has 0 aliphatic carbocycles. The van der Waals surface area contributed by atoms with Crippen LogP contribution in [0.4, 0.5) is 0 Å². The van der Waals surface area contributed by atoms with Crippen molar-refractivity contribution in [3.8, 4) is 0 Å². The predicted molar refractivity (Wildman–Crippen MR) is 169 cm³/mol. The minimum atomic E-state index is -2.25. The number of hydrogen-bond donors (Lipinski definition) is 0. The summed E-state index contributed by atoms with van der Waals surface area (Å²) in [5.74, 6) is -0.186. The van der Waals surface area contributed by atoms with Crippen LogP contribution in [0.25, 0.3) is 0 Å². The van der Waals surface area contributed by atoms with E-state index in [9.17, 15) is 9.59 Å². The van der Waals surface area contributed by atoms with Crippen molar-refractivity contribution in [3.63, 3.8) is 0 Å². The van der Waals surface area contributed by atoms with E-state index in [0.29, 0.717) is 71.0 Å². The van der Waals surface area contributed by atoms with E-state index in [0.717, 1.165) is 6.04 Å². The van der Waals surface area contributed by atoms with E-state index < -0.39 is 31.2 Å². The van der Waals surface area contributed by atoms with Crippen molar-refractivity contribution in [1.29, 1.82) is 0 Å². The van der Waals surface area contributed by atoms with Crippen LogP contribution in [0.3, 0.4) is 0 Å². The Labute approximate surface area is 252 Å². The zero-order valence-corrected chi connectivity index (χ0v) is 30.3. The summed E-state index contributed by atoms with van der Waals surface area (Å²) >= 11 is 0. The highest BCUT2D eigenvalue weighted by molar-refractivity contribution is 6.87. The summed E-state index contributed by atoms with van der Waals surface area (Å²) < 4.78 is 45.9. The van der Waals surface area contributed by atoms with Gasteiger partial charge >= 0.3 is 14.5 Å². The van der Waals surface area contributed by atoms with Gasteiger partial charge in [-0.15, -0.1) is 0 Å². The first-order valence-corrected chi connectivity index (χ1v) is 24.0. The second kappa shape index (κ2) is 21.9. The first-order valence-electron chi connectivity index (χ1n) is 14.7. The fourth-order valence-electron chi connectivity index (χ4n) is 3.97. The van der Waals surface area contributed by atoms with Crippen LogP contribution in [0.5, 0.6) is 0 Å². The Hall–Kier alpha value is -0.749. The zero-order valence-electron chi connectivity index (χ0n) is 27.3. The maximum absolute atomic E-state index is 11.5. The highest BCUT2D eigenvalue weighted by Crippen LogP contribution is 2.27. The van der Waals surface area contributed by atoms with E-state index in [4.69, 9.17) is 36.7 Å². The van der Waals surface area contributed by atoms with Gasteiger partial charge in [0.25, 0.3) is 0 Å². The molecule has 0 rings (SSSR count). The van der Waals surface area contributed by atoms with Crippen LogP contribution < -0.4 is 0 Å². The number of Topliss-reactive ketones (excluding diaryl/α,β-unsaturated/α-hetero) is 1. The molecule has 0 aliphatic heterocycles. The summed E-state index contributed by atoms with van der Waals surface area (Å²) in [4.78, 5) is 22.9. The lowest BCUT2D eigenvalue weighted by Gasteiger charge is -2.39. The summed E-state index contributed by atoms with van der Waals surface area (Å²) in [6, 6.07) is 0.931. The largest absolute Gasteiger partial charge is 0.463 e. The monoisotopic (exact) mass is 638 g/mol. The molecule has 0 aliphatic rings. The van der Waals surface area contributed by atoms with Crippen molar-refractivity contribution in [2.75, 3.05) is 72.7 Å². The Kier molecular flexibility index (Phi) is 21.5. The molecule has 0 heterocycles. The molecule has 1 unspecified atom stereocenters. The molecular formula is C28H58O10Si3. The predicted octanol–water partition coefficient (Wildman–Crippen LogP) is 4.95. The van der Waals surface area contributed by atoms with Gasteiger partial charge in [-0.2, -0.15) is 0 Å². The molecule has 0 N–H and O–H groups in total. The molecule has 0 aromatic carbocycles. The first kappa shape index (κ1) is 40.3. The molecule has 0 spiro atoms. The number of hydrogen-bond acceptors (Lipinski definition) is 10. The van der Waals surface area contributed by atoms with Crippen LogP contribution in [-0.2, 0) is 46.2 Å². The molecule has 0 aromatic rings. The van der Waals surface area contributed by atoms with Crippen molar-refractivity contribution >= 4 is 36.9 Å². The van der Waals surface area contributed by atoms with E-state index in [1.54, 1.807) is 6.92 Å². The third-order valence-corrected chi connectivity index (χ3v) is 15.0. The van der Waals surface area contributed by atoms with Gasteiger partial charge in [0, 0.05) is 13.0 Å². The van der Waals surface area contributed by atoms with Crippen LogP contribution in [0, 0.1) is 5.92 Å². The second-order valence-corrected chi connectivity index (χ2v) is 25.1. The van der Waals surface area contributed by atoms with Crippen molar-refractivity contribution in [2.24, 2.45) is 5.92 Å². The summed E-state index contributed by atoms with van der Waals surface area (Å²) in [6.07, 6.45) is 0.175. The van der Waals surface area contributed by atoms with Gasteiger partial charge in [0.1, 0.15) is 6.61 Å². The maximum atomic E-state index is 11.5. The Balaban J connectivity index is 3.64. The molecule has 242 valence electrons. The van der Waals surface area contributed by atoms with E-state index in [2.05, 4.69) is 59.3 Å². The Morgan fingerprint density at radius 3 is 1.41 bits per heavy atom. The van der Waals surface area contributed by atoms with Gasteiger partial charge in [0.15, 0.2) is 22.4 Å².